The van der Waals surface area contributed by atoms with Crippen LogP contribution in [0.25, 0.3) is 0 Å². The van der Waals surface area contributed by atoms with Crippen molar-refractivity contribution in [3.63, 3.8) is 0 Å². The standard InChI is InChI=1S/C16H28BrN3/c1-5-8-20(10-9-19(3)4)16-7-6-15(17)12-14(16)11-13(2)18/h6-7,12-13H,5,8-11,18H2,1-4H3. The van der Waals surface area contributed by atoms with Gasteiger partial charge in [0.1, 0.15) is 0 Å². The fourth-order valence-corrected chi connectivity index (χ4v) is 2.72. The highest BCUT2D eigenvalue weighted by molar-refractivity contribution is 9.10. The van der Waals surface area contributed by atoms with Crippen LogP contribution in [0.1, 0.15) is 25.8 Å². The van der Waals surface area contributed by atoms with Gasteiger partial charge in [-0.1, -0.05) is 22.9 Å². The molecule has 0 saturated carbocycles. The van der Waals surface area contributed by atoms with Crippen LogP contribution in [0.15, 0.2) is 22.7 Å². The predicted molar refractivity (Wildman–Crippen MR) is 92.6 cm³/mol. The van der Waals surface area contributed by atoms with Gasteiger partial charge in [0.2, 0.25) is 0 Å². The monoisotopic (exact) mass is 341 g/mol. The first-order valence-electron chi connectivity index (χ1n) is 7.37. The zero-order valence-electron chi connectivity index (χ0n) is 13.2. The number of hydrogen-bond acceptors (Lipinski definition) is 3. The number of rotatable bonds is 8. The second kappa shape index (κ2) is 8.65. The number of halogens is 1. The van der Waals surface area contributed by atoms with E-state index >= 15 is 0 Å². The lowest BCUT2D eigenvalue weighted by atomic mass is 10.0. The molecule has 0 spiro atoms. The molecule has 1 aromatic carbocycles. The molecule has 1 atom stereocenters. The SMILES string of the molecule is CCCN(CCN(C)C)c1ccc(Br)cc1CC(C)N. The zero-order chi connectivity index (χ0) is 15.1. The molecule has 1 aromatic rings. The summed E-state index contributed by atoms with van der Waals surface area (Å²) < 4.78 is 1.13. The third kappa shape index (κ3) is 5.81. The number of nitrogens with zero attached hydrogens (tertiary/aromatic N) is 2. The minimum absolute atomic E-state index is 0.181. The second-order valence-electron chi connectivity index (χ2n) is 5.74. The van der Waals surface area contributed by atoms with E-state index in [9.17, 15) is 0 Å². The van der Waals surface area contributed by atoms with Crippen LogP contribution >= 0.6 is 15.9 Å². The maximum Gasteiger partial charge on any atom is 0.0400 e. The Hall–Kier alpha value is -0.580. The van der Waals surface area contributed by atoms with E-state index in [-0.39, 0.29) is 6.04 Å². The molecular weight excluding hydrogens is 314 g/mol. The van der Waals surface area contributed by atoms with E-state index in [1.807, 2.05) is 0 Å². The number of benzene rings is 1. The van der Waals surface area contributed by atoms with Crippen molar-refractivity contribution in [3.8, 4) is 0 Å². The van der Waals surface area contributed by atoms with Gasteiger partial charge in [-0.15, -0.1) is 0 Å². The van der Waals surface area contributed by atoms with E-state index in [2.05, 4.69) is 71.9 Å². The average molecular weight is 342 g/mol. The van der Waals surface area contributed by atoms with Crippen molar-refractivity contribution in [2.45, 2.75) is 32.7 Å². The molecule has 0 radical (unpaired) electrons. The molecule has 4 heteroatoms. The Morgan fingerprint density at radius 3 is 2.45 bits per heavy atom. The van der Waals surface area contributed by atoms with Crippen LogP contribution in [0.2, 0.25) is 0 Å². The zero-order valence-corrected chi connectivity index (χ0v) is 14.8. The molecule has 0 fully saturated rings. The summed E-state index contributed by atoms with van der Waals surface area (Å²) in [4.78, 5) is 4.71. The summed E-state index contributed by atoms with van der Waals surface area (Å²) in [5, 5.41) is 0. The smallest absolute Gasteiger partial charge is 0.0400 e. The highest BCUT2D eigenvalue weighted by Crippen LogP contribution is 2.26. The van der Waals surface area contributed by atoms with Crippen LogP contribution in [0, 0.1) is 0 Å². The van der Waals surface area contributed by atoms with Crippen molar-refractivity contribution in [1.29, 1.82) is 0 Å². The summed E-state index contributed by atoms with van der Waals surface area (Å²) in [6, 6.07) is 6.73. The first-order valence-corrected chi connectivity index (χ1v) is 8.17. The molecule has 20 heavy (non-hydrogen) atoms. The lowest BCUT2D eigenvalue weighted by Gasteiger charge is -2.28. The van der Waals surface area contributed by atoms with Crippen molar-refractivity contribution in [2.24, 2.45) is 5.73 Å². The molecule has 1 rings (SSSR count). The van der Waals surface area contributed by atoms with Crippen LogP contribution in [-0.2, 0) is 6.42 Å². The van der Waals surface area contributed by atoms with Crippen LogP contribution in [0.3, 0.4) is 0 Å². The van der Waals surface area contributed by atoms with Gasteiger partial charge in [-0.3, -0.25) is 0 Å². The first kappa shape index (κ1) is 17.5. The molecular formula is C16H28BrN3. The molecule has 2 N–H and O–H groups in total. The highest BCUT2D eigenvalue weighted by Gasteiger charge is 2.12. The third-order valence-electron chi connectivity index (χ3n) is 3.23. The van der Waals surface area contributed by atoms with Gasteiger partial charge in [-0.05, 0) is 57.6 Å². The van der Waals surface area contributed by atoms with E-state index in [0.29, 0.717) is 0 Å². The summed E-state index contributed by atoms with van der Waals surface area (Å²) >= 11 is 3.57. The highest BCUT2D eigenvalue weighted by atomic mass is 79.9. The summed E-state index contributed by atoms with van der Waals surface area (Å²) in [6.45, 7) is 7.49. The lowest BCUT2D eigenvalue weighted by Crippen LogP contribution is -2.33. The lowest BCUT2D eigenvalue weighted by molar-refractivity contribution is 0.412. The molecule has 0 aromatic heterocycles. The molecule has 0 heterocycles. The van der Waals surface area contributed by atoms with Crippen molar-refractivity contribution < 1.29 is 0 Å². The van der Waals surface area contributed by atoms with Gasteiger partial charge in [0.25, 0.3) is 0 Å². The Bertz CT molecular complexity index is 405. The Kier molecular flexibility index (Phi) is 7.56. The van der Waals surface area contributed by atoms with E-state index in [1.165, 1.54) is 11.3 Å². The Morgan fingerprint density at radius 1 is 1.20 bits per heavy atom. The van der Waals surface area contributed by atoms with Crippen molar-refractivity contribution >= 4 is 21.6 Å². The fraction of sp³-hybridized carbons (Fsp3) is 0.625. The minimum Gasteiger partial charge on any atom is -0.370 e. The van der Waals surface area contributed by atoms with Crippen LogP contribution in [0.4, 0.5) is 5.69 Å². The van der Waals surface area contributed by atoms with E-state index < -0.39 is 0 Å². The molecule has 0 bridgehead atoms. The summed E-state index contributed by atoms with van der Waals surface area (Å²) in [5.74, 6) is 0. The van der Waals surface area contributed by atoms with E-state index in [4.69, 9.17) is 5.73 Å². The number of likely N-dealkylation sites (N-methyl/N-ethyl adjacent to an activating group) is 1. The van der Waals surface area contributed by atoms with Gasteiger partial charge >= 0.3 is 0 Å². The minimum atomic E-state index is 0.181. The molecule has 0 amide bonds. The van der Waals surface area contributed by atoms with Gasteiger partial charge in [0.05, 0.1) is 0 Å². The topological polar surface area (TPSA) is 32.5 Å². The van der Waals surface area contributed by atoms with Gasteiger partial charge in [0, 0.05) is 35.8 Å². The molecule has 114 valence electrons. The Labute approximate surface area is 132 Å². The summed E-state index contributed by atoms with van der Waals surface area (Å²) in [5.41, 5.74) is 8.66. The van der Waals surface area contributed by atoms with Crippen molar-refractivity contribution in [2.75, 3.05) is 38.6 Å². The summed E-state index contributed by atoms with van der Waals surface area (Å²) in [7, 11) is 4.24. The Balaban J connectivity index is 2.98. The maximum atomic E-state index is 6.00. The maximum absolute atomic E-state index is 6.00. The van der Waals surface area contributed by atoms with E-state index in [1.54, 1.807) is 0 Å². The van der Waals surface area contributed by atoms with Crippen LogP contribution in [0.5, 0.6) is 0 Å². The summed E-state index contributed by atoms with van der Waals surface area (Å²) in [6.07, 6.45) is 2.07. The largest absolute Gasteiger partial charge is 0.370 e. The van der Waals surface area contributed by atoms with Gasteiger partial charge < -0.3 is 15.5 Å². The molecule has 0 aliphatic heterocycles. The van der Waals surface area contributed by atoms with Crippen molar-refractivity contribution in [3.05, 3.63) is 28.2 Å². The Morgan fingerprint density at radius 2 is 1.90 bits per heavy atom. The molecule has 1 unspecified atom stereocenters. The number of anilines is 1. The molecule has 0 saturated heterocycles. The molecule has 0 aliphatic rings. The molecule has 0 aliphatic carbocycles. The van der Waals surface area contributed by atoms with Gasteiger partial charge in [-0.25, -0.2) is 0 Å². The van der Waals surface area contributed by atoms with Crippen molar-refractivity contribution in [1.82, 2.24) is 4.90 Å². The van der Waals surface area contributed by atoms with Crippen LogP contribution < -0.4 is 10.6 Å². The quantitative estimate of drug-likeness (QED) is 0.788. The second-order valence-corrected chi connectivity index (χ2v) is 6.66. The van der Waals surface area contributed by atoms with Crippen LogP contribution in [-0.4, -0.2) is 44.7 Å². The van der Waals surface area contributed by atoms with Gasteiger partial charge in [-0.2, -0.15) is 0 Å². The first-order chi connectivity index (χ1) is 9.43. The normalized spacial score (nSPS) is 12.8. The van der Waals surface area contributed by atoms with E-state index in [0.717, 1.165) is 36.9 Å². The fourth-order valence-electron chi connectivity index (χ4n) is 2.32. The van der Waals surface area contributed by atoms with Gasteiger partial charge in [0.15, 0.2) is 0 Å². The number of hydrogen-bond donors (Lipinski definition) is 1. The molecule has 3 nitrogen and oxygen atoms in total. The predicted octanol–water partition coefficient (Wildman–Crippen LogP) is 3.12. The average Bonchev–Trinajstić information content (AvgIpc) is 2.34. The number of nitrogens with two attached hydrogens (primary N) is 1. The third-order valence-corrected chi connectivity index (χ3v) is 3.73.